The quantitative estimate of drug-likeness (QED) is 0.765. The summed E-state index contributed by atoms with van der Waals surface area (Å²) in [5, 5.41) is 8.41. The van der Waals surface area contributed by atoms with Gasteiger partial charge in [-0.3, -0.25) is 0 Å². The van der Waals surface area contributed by atoms with Crippen molar-refractivity contribution in [1.82, 2.24) is 14.8 Å². The molecule has 3 aromatic rings. The van der Waals surface area contributed by atoms with E-state index in [0.717, 1.165) is 22.2 Å². The van der Waals surface area contributed by atoms with Crippen molar-refractivity contribution in [1.29, 1.82) is 0 Å². The number of benzene rings is 2. The molecule has 4 rings (SSSR count). The van der Waals surface area contributed by atoms with Crippen LogP contribution in [0.2, 0.25) is 5.02 Å². The minimum absolute atomic E-state index is 0.0139. The van der Waals surface area contributed by atoms with Gasteiger partial charge in [-0.2, -0.15) is 10.1 Å². The first-order chi connectivity index (χ1) is 11.2. The summed E-state index contributed by atoms with van der Waals surface area (Å²) >= 11 is 5.99. The highest BCUT2D eigenvalue weighted by atomic mass is 35.5. The summed E-state index contributed by atoms with van der Waals surface area (Å²) in [7, 11) is 0. The molecule has 0 saturated carbocycles. The maximum atomic E-state index is 5.99. The fraction of sp³-hybridized carbons (Fsp3) is 0.111. The summed E-state index contributed by atoms with van der Waals surface area (Å²) in [6, 6.07) is 16.3. The van der Waals surface area contributed by atoms with Crippen molar-refractivity contribution in [2.45, 2.75) is 13.0 Å². The molecule has 114 valence electrons. The Morgan fingerprint density at radius 3 is 2.52 bits per heavy atom. The first kappa shape index (κ1) is 14.0. The van der Waals surface area contributed by atoms with E-state index < -0.39 is 0 Å². The molecule has 0 saturated heterocycles. The second-order valence-corrected chi connectivity index (χ2v) is 6.03. The highest BCUT2D eigenvalue weighted by molar-refractivity contribution is 6.30. The van der Waals surface area contributed by atoms with Gasteiger partial charge in [-0.05, 0) is 36.3 Å². The number of nitrogens with zero attached hydrogens (tertiary/aromatic N) is 3. The Bertz CT molecular complexity index is 863. The van der Waals surface area contributed by atoms with E-state index in [1.165, 1.54) is 11.1 Å². The van der Waals surface area contributed by atoms with Gasteiger partial charge in [0, 0.05) is 10.7 Å². The van der Waals surface area contributed by atoms with Crippen LogP contribution in [0.25, 0.3) is 5.70 Å². The molecule has 2 heterocycles. The third-order valence-electron chi connectivity index (χ3n) is 3.98. The molecule has 2 aromatic carbocycles. The highest BCUT2D eigenvalue weighted by Gasteiger charge is 2.23. The smallest absolute Gasteiger partial charge is 0.226 e. The van der Waals surface area contributed by atoms with Crippen LogP contribution in [0.3, 0.4) is 0 Å². The van der Waals surface area contributed by atoms with Crippen molar-refractivity contribution in [3.63, 3.8) is 0 Å². The summed E-state index contributed by atoms with van der Waals surface area (Å²) in [6.07, 6.45) is 3.73. The van der Waals surface area contributed by atoms with Crippen molar-refractivity contribution in [2.75, 3.05) is 5.32 Å². The Morgan fingerprint density at radius 2 is 1.78 bits per heavy atom. The maximum Gasteiger partial charge on any atom is 0.226 e. The van der Waals surface area contributed by atoms with Crippen LogP contribution in [-0.2, 0) is 0 Å². The second kappa shape index (κ2) is 5.56. The molecule has 0 fully saturated rings. The van der Waals surface area contributed by atoms with E-state index in [-0.39, 0.29) is 6.04 Å². The van der Waals surface area contributed by atoms with Crippen molar-refractivity contribution < 1.29 is 0 Å². The fourth-order valence-corrected chi connectivity index (χ4v) is 2.86. The zero-order valence-electron chi connectivity index (χ0n) is 12.6. The first-order valence-corrected chi connectivity index (χ1v) is 7.79. The van der Waals surface area contributed by atoms with Gasteiger partial charge in [-0.15, -0.1) is 0 Å². The van der Waals surface area contributed by atoms with E-state index in [9.17, 15) is 0 Å². The SMILES string of the molecule is Cc1ccc([C@H]2C=C(c3ccc(Cl)cc3)Nc3ncnn32)cc1. The summed E-state index contributed by atoms with van der Waals surface area (Å²) in [4.78, 5) is 4.32. The van der Waals surface area contributed by atoms with Crippen molar-refractivity contribution in [3.8, 4) is 0 Å². The Morgan fingerprint density at radius 1 is 1.04 bits per heavy atom. The minimum Gasteiger partial charge on any atom is -0.324 e. The van der Waals surface area contributed by atoms with Gasteiger partial charge < -0.3 is 5.32 Å². The van der Waals surface area contributed by atoms with Gasteiger partial charge in [0.2, 0.25) is 5.95 Å². The number of allylic oxidation sites excluding steroid dienone is 1. The van der Waals surface area contributed by atoms with Crippen LogP contribution >= 0.6 is 11.6 Å². The molecule has 1 aliphatic heterocycles. The Labute approximate surface area is 139 Å². The molecule has 0 amide bonds. The number of anilines is 1. The van der Waals surface area contributed by atoms with Gasteiger partial charge in [0.05, 0.1) is 0 Å². The average molecular weight is 323 g/mol. The molecular formula is C18H15ClN4. The first-order valence-electron chi connectivity index (χ1n) is 7.41. The largest absolute Gasteiger partial charge is 0.324 e. The number of rotatable bonds is 2. The van der Waals surface area contributed by atoms with E-state index >= 15 is 0 Å². The van der Waals surface area contributed by atoms with Crippen LogP contribution in [0, 0.1) is 6.92 Å². The molecule has 0 bridgehead atoms. The standard InChI is InChI=1S/C18H15ClN4/c1-12-2-4-14(5-3-12)17-10-16(13-6-8-15(19)9-7-13)22-18-20-11-21-23(17)18/h2-11,17H,1H3,(H,20,21,22)/t17-/m1/s1. The van der Waals surface area contributed by atoms with E-state index in [1.807, 2.05) is 28.9 Å². The van der Waals surface area contributed by atoms with Crippen LogP contribution < -0.4 is 5.32 Å². The number of aromatic nitrogens is 3. The molecule has 1 aliphatic rings. The normalized spacial score (nSPS) is 16.4. The fourth-order valence-electron chi connectivity index (χ4n) is 2.73. The maximum absolute atomic E-state index is 5.99. The van der Waals surface area contributed by atoms with E-state index in [4.69, 9.17) is 11.6 Å². The molecule has 0 radical (unpaired) electrons. The predicted molar refractivity (Wildman–Crippen MR) is 92.4 cm³/mol. The molecule has 1 aromatic heterocycles. The zero-order valence-corrected chi connectivity index (χ0v) is 13.3. The Kier molecular flexibility index (Phi) is 3.39. The van der Waals surface area contributed by atoms with Gasteiger partial charge >= 0.3 is 0 Å². The lowest BCUT2D eigenvalue weighted by atomic mass is 10.0. The number of nitrogens with one attached hydrogen (secondary N) is 1. The average Bonchev–Trinajstić information content (AvgIpc) is 3.04. The molecule has 1 N–H and O–H groups in total. The molecule has 0 spiro atoms. The lowest BCUT2D eigenvalue weighted by Gasteiger charge is -2.24. The molecule has 4 nitrogen and oxygen atoms in total. The van der Waals surface area contributed by atoms with Crippen molar-refractivity contribution >= 4 is 23.2 Å². The van der Waals surface area contributed by atoms with E-state index in [2.05, 4.69) is 52.7 Å². The summed E-state index contributed by atoms with van der Waals surface area (Å²) in [5.74, 6) is 0.739. The number of hydrogen-bond donors (Lipinski definition) is 1. The van der Waals surface area contributed by atoms with Gasteiger partial charge in [-0.1, -0.05) is 53.6 Å². The van der Waals surface area contributed by atoms with Gasteiger partial charge in [0.1, 0.15) is 12.4 Å². The second-order valence-electron chi connectivity index (χ2n) is 5.60. The van der Waals surface area contributed by atoms with Gasteiger partial charge in [0.25, 0.3) is 0 Å². The number of fused-ring (bicyclic) bond motifs is 1. The number of halogens is 1. The molecule has 23 heavy (non-hydrogen) atoms. The Balaban J connectivity index is 1.79. The molecular weight excluding hydrogens is 308 g/mol. The Hall–Kier alpha value is -2.59. The minimum atomic E-state index is 0.0139. The van der Waals surface area contributed by atoms with E-state index in [0.29, 0.717) is 0 Å². The molecule has 0 unspecified atom stereocenters. The molecule has 0 aliphatic carbocycles. The lowest BCUT2D eigenvalue weighted by Crippen LogP contribution is -2.20. The summed E-state index contributed by atoms with van der Waals surface area (Å²) in [5.41, 5.74) is 4.49. The number of hydrogen-bond acceptors (Lipinski definition) is 3. The van der Waals surface area contributed by atoms with Gasteiger partial charge in [0.15, 0.2) is 0 Å². The summed E-state index contributed by atoms with van der Waals surface area (Å²) < 4.78 is 1.89. The molecule has 1 atom stereocenters. The lowest BCUT2D eigenvalue weighted by molar-refractivity contribution is 0.612. The van der Waals surface area contributed by atoms with E-state index in [1.54, 1.807) is 6.33 Å². The summed E-state index contributed by atoms with van der Waals surface area (Å²) in [6.45, 7) is 2.09. The van der Waals surface area contributed by atoms with Crippen molar-refractivity contribution in [3.05, 3.63) is 82.6 Å². The topological polar surface area (TPSA) is 42.7 Å². The van der Waals surface area contributed by atoms with Crippen LogP contribution in [0.4, 0.5) is 5.95 Å². The highest BCUT2D eigenvalue weighted by Crippen LogP contribution is 2.32. The van der Waals surface area contributed by atoms with Gasteiger partial charge in [-0.25, -0.2) is 4.68 Å². The van der Waals surface area contributed by atoms with Crippen LogP contribution in [-0.4, -0.2) is 14.8 Å². The zero-order chi connectivity index (χ0) is 15.8. The third-order valence-corrected chi connectivity index (χ3v) is 4.23. The van der Waals surface area contributed by atoms with Crippen LogP contribution in [0.5, 0.6) is 0 Å². The molecule has 5 heteroatoms. The van der Waals surface area contributed by atoms with Crippen LogP contribution in [0.1, 0.15) is 22.7 Å². The number of aryl methyl sites for hydroxylation is 1. The van der Waals surface area contributed by atoms with Crippen LogP contribution in [0.15, 0.2) is 60.9 Å². The predicted octanol–water partition coefficient (Wildman–Crippen LogP) is 4.30. The monoisotopic (exact) mass is 322 g/mol. The van der Waals surface area contributed by atoms with Crippen molar-refractivity contribution in [2.24, 2.45) is 0 Å². The third kappa shape index (κ3) is 2.62.